The van der Waals surface area contributed by atoms with Crippen LogP contribution in [0.2, 0.25) is 0 Å². The first-order valence-corrected chi connectivity index (χ1v) is 20.2. The minimum Gasteiger partial charge on any atom is -0.0528 e. The first-order valence-electron chi connectivity index (χ1n) is 20.2. The molecule has 0 aromatic heterocycles. The van der Waals surface area contributed by atoms with Gasteiger partial charge in [-0.1, -0.05) is 167 Å². The van der Waals surface area contributed by atoms with Crippen LogP contribution in [-0.2, 0) is 0 Å². The third-order valence-electron chi connectivity index (χ3n) is 14.6. The van der Waals surface area contributed by atoms with Crippen molar-refractivity contribution in [2.75, 3.05) is 0 Å². The molecule has 236 valence electrons. The molecule has 0 heteroatoms. The van der Waals surface area contributed by atoms with Gasteiger partial charge in [0.1, 0.15) is 0 Å². The summed E-state index contributed by atoms with van der Waals surface area (Å²) in [5.41, 5.74) is 0. The number of rotatable bonds is 0. The van der Waals surface area contributed by atoms with Crippen molar-refractivity contribution >= 4 is 0 Å². The topological polar surface area (TPSA) is 0 Å². The molecule has 10 rings (SSSR count). The maximum Gasteiger partial charge on any atom is -0.0411 e. The van der Waals surface area contributed by atoms with Crippen molar-refractivity contribution in [3.05, 3.63) is 0 Å². The Kier molecular flexibility index (Phi) is 12.4. The van der Waals surface area contributed by atoms with Crippen LogP contribution in [0.15, 0.2) is 0 Å². The summed E-state index contributed by atoms with van der Waals surface area (Å²) in [4.78, 5) is 0. The lowest BCUT2D eigenvalue weighted by Crippen LogP contribution is -2.20. The predicted molar refractivity (Wildman–Crippen MR) is 178 cm³/mol. The van der Waals surface area contributed by atoms with E-state index in [1.165, 1.54) is 50.4 Å². The lowest BCUT2D eigenvalue weighted by atomic mass is 9.72. The van der Waals surface area contributed by atoms with Gasteiger partial charge in [0.05, 0.1) is 0 Å². The molecule has 41 heavy (non-hydrogen) atoms. The Morgan fingerprint density at radius 3 is 0.390 bits per heavy atom. The first kappa shape index (κ1) is 31.0. The Balaban J connectivity index is 0.0000000924. The van der Waals surface area contributed by atoms with E-state index in [1.54, 1.807) is 161 Å². The van der Waals surface area contributed by atoms with Gasteiger partial charge in [0.25, 0.3) is 0 Å². The Morgan fingerprint density at radius 1 is 0.146 bits per heavy atom. The van der Waals surface area contributed by atoms with E-state index in [0.717, 1.165) is 47.3 Å². The van der Waals surface area contributed by atoms with E-state index in [2.05, 4.69) is 0 Å². The van der Waals surface area contributed by atoms with Gasteiger partial charge < -0.3 is 0 Å². The van der Waals surface area contributed by atoms with Gasteiger partial charge in [0, 0.05) is 0 Å². The summed E-state index contributed by atoms with van der Waals surface area (Å²) in [6, 6.07) is 0. The van der Waals surface area contributed by atoms with Crippen LogP contribution in [0.4, 0.5) is 0 Å². The molecule has 10 saturated carbocycles. The summed E-state index contributed by atoms with van der Waals surface area (Å²) in [5, 5.41) is 0. The van der Waals surface area contributed by atoms with Crippen molar-refractivity contribution in [1.82, 2.24) is 0 Å². The molecule has 4 unspecified atom stereocenters. The molecule has 0 aromatic carbocycles. The van der Waals surface area contributed by atoms with Crippen molar-refractivity contribution < 1.29 is 0 Å². The maximum absolute atomic E-state index is 1.58. The van der Waals surface area contributed by atoms with E-state index < -0.39 is 0 Å². The van der Waals surface area contributed by atoms with Crippen molar-refractivity contribution in [1.29, 1.82) is 0 Å². The van der Waals surface area contributed by atoms with Gasteiger partial charge in [-0.25, -0.2) is 0 Å². The summed E-state index contributed by atoms with van der Waals surface area (Å²) in [5.74, 6) is 11.6. The van der Waals surface area contributed by atoms with E-state index in [9.17, 15) is 0 Å². The molecule has 0 saturated heterocycles. The lowest BCUT2D eigenvalue weighted by molar-refractivity contribution is 0.190. The van der Waals surface area contributed by atoms with Gasteiger partial charge in [-0.15, -0.1) is 0 Å². The van der Waals surface area contributed by atoms with Crippen molar-refractivity contribution in [3.63, 3.8) is 0 Å². The SMILES string of the molecule is C1CC2CCC(C1)C2.C1CC2CCC(C1)C2.C1CC2CCC1C2.C1CC2CCCC(C1)C2.C1CC2CCCC(C1)C2. The monoisotopic (exact) mass is 565 g/mol. The third kappa shape index (κ3) is 10.0. The van der Waals surface area contributed by atoms with Crippen molar-refractivity contribution in [3.8, 4) is 0 Å². The van der Waals surface area contributed by atoms with Crippen molar-refractivity contribution in [2.24, 2.45) is 59.2 Å². The van der Waals surface area contributed by atoms with Crippen LogP contribution in [0.1, 0.15) is 199 Å². The molecule has 0 aliphatic heterocycles. The van der Waals surface area contributed by atoms with Crippen LogP contribution in [0.3, 0.4) is 0 Å². The molecule has 10 bridgehead atoms. The van der Waals surface area contributed by atoms with Crippen LogP contribution >= 0.6 is 0 Å². The highest BCUT2D eigenvalue weighted by atomic mass is 14.4. The highest BCUT2D eigenvalue weighted by molar-refractivity contribution is 4.83. The summed E-state index contributed by atoms with van der Waals surface area (Å²) in [6.45, 7) is 0. The first-order chi connectivity index (χ1) is 20.2. The van der Waals surface area contributed by atoms with Gasteiger partial charge in [0.2, 0.25) is 0 Å². The quantitative estimate of drug-likeness (QED) is 0.274. The molecule has 10 aliphatic rings. The normalized spacial score (nSPS) is 44.5. The summed E-state index contributed by atoms with van der Waals surface area (Å²) in [7, 11) is 0. The second kappa shape index (κ2) is 16.4. The molecule has 10 aliphatic carbocycles. The molecule has 0 heterocycles. The van der Waals surface area contributed by atoms with Crippen LogP contribution < -0.4 is 0 Å². The standard InChI is InChI=1S/2C9H16.2C8H14.C7H12/c2*1-3-8-5-2-6-9(4-1)7-8;2*1-2-7-4-5-8(3-1)6-7;1-2-7-4-3-6(1)5-7/h2*8-9H,1-7H2;2*7-8H,1-6H2;6-7H,1-5H2. The van der Waals surface area contributed by atoms with Crippen LogP contribution in [0, 0.1) is 59.2 Å². The van der Waals surface area contributed by atoms with E-state index in [4.69, 9.17) is 0 Å². The maximum atomic E-state index is 1.58. The van der Waals surface area contributed by atoms with E-state index >= 15 is 0 Å². The zero-order chi connectivity index (χ0) is 27.7. The summed E-state index contributed by atoms with van der Waals surface area (Å²) in [6.07, 6.45) is 48.2. The zero-order valence-electron chi connectivity index (χ0n) is 27.7. The average molecular weight is 565 g/mol. The molecule has 0 nitrogen and oxygen atoms in total. The van der Waals surface area contributed by atoms with Crippen LogP contribution in [0.25, 0.3) is 0 Å². The molecular weight excluding hydrogens is 492 g/mol. The molecule has 0 spiro atoms. The molecular formula is C41H72. The number of hydrogen-bond donors (Lipinski definition) is 0. The lowest BCUT2D eigenvalue weighted by Gasteiger charge is -2.33. The van der Waals surface area contributed by atoms with E-state index in [-0.39, 0.29) is 0 Å². The number of fused-ring (bicyclic) bond motifs is 10. The second-order valence-corrected chi connectivity index (χ2v) is 17.7. The highest BCUT2D eigenvalue weighted by Gasteiger charge is 2.31. The minimum absolute atomic E-state index is 1.15. The Labute approximate surface area is 257 Å². The number of hydrogen-bond acceptors (Lipinski definition) is 0. The van der Waals surface area contributed by atoms with E-state index in [1.807, 2.05) is 0 Å². The Hall–Kier alpha value is 0. The molecule has 4 atom stereocenters. The van der Waals surface area contributed by atoms with Crippen LogP contribution in [-0.4, -0.2) is 0 Å². The predicted octanol–water partition coefficient (Wildman–Crippen LogP) is 13.3. The van der Waals surface area contributed by atoms with Gasteiger partial charge in [-0.05, 0) is 91.3 Å². The fourth-order valence-corrected chi connectivity index (χ4v) is 12.2. The largest absolute Gasteiger partial charge is 0.0528 e. The smallest absolute Gasteiger partial charge is 0.0411 e. The van der Waals surface area contributed by atoms with E-state index in [0.29, 0.717) is 0 Å². The van der Waals surface area contributed by atoms with Gasteiger partial charge in [0.15, 0.2) is 0 Å². The van der Waals surface area contributed by atoms with Crippen LogP contribution in [0.5, 0.6) is 0 Å². The Bertz CT molecular complexity index is 588. The second-order valence-electron chi connectivity index (χ2n) is 17.7. The molecule has 0 N–H and O–H groups in total. The Morgan fingerprint density at radius 2 is 0.268 bits per heavy atom. The summed E-state index contributed by atoms with van der Waals surface area (Å²) >= 11 is 0. The van der Waals surface area contributed by atoms with Gasteiger partial charge >= 0.3 is 0 Å². The third-order valence-corrected chi connectivity index (χ3v) is 14.6. The minimum atomic E-state index is 1.15. The van der Waals surface area contributed by atoms with Crippen molar-refractivity contribution in [2.45, 2.75) is 199 Å². The summed E-state index contributed by atoms with van der Waals surface area (Å²) < 4.78 is 0. The molecule has 0 aromatic rings. The molecule has 10 fully saturated rings. The highest BCUT2D eigenvalue weighted by Crippen LogP contribution is 2.45. The fraction of sp³-hybridized carbons (Fsp3) is 1.00. The molecule has 0 radical (unpaired) electrons. The van der Waals surface area contributed by atoms with Gasteiger partial charge in [-0.3, -0.25) is 0 Å². The average Bonchev–Trinajstić information content (AvgIpc) is 3.81. The van der Waals surface area contributed by atoms with Gasteiger partial charge in [-0.2, -0.15) is 0 Å². The molecule has 0 amide bonds. The zero-order valence-corrected chi connectivity index (χ0v) is 27.7. The fourth-order valence-electron chi connectivity index (χ4n) is 12.2.